The molecule has 1 aromatic heterocycles. The maximum atomic E-state index is 14.4. The van der Waals surface area contributed by atoms with Crippen molar-refractivity contribution >= 4 is 17.7 Å². The Balaban J connectivity index is 1.59. The van der Waals surface area contributed by atoms with Crippen LogP contribution in [0.3, 0.4) is 0 Å². The fourth-order valence-electron chi connectivity index (χ4n) is 3.28. The molecule has 1 N–H and O–H groups in total. The van der Waals surface area contributed by atoms with Gasteiger partial charge in [-0.05, 0) is 30.3 Å². The maximum absolute atomic E-state index is 14.4. The molecule has 2 heterocycles. The number of carbonyl (C=O) groups is 2. The number of amides is 2. The van der Waals surface area contributed by atoms with E-state index in [0.29, 0.717) is 35.8 Å². The molecule has 2 amide bonds. The minimum absolute atomic E-state index is 0.326. The first-order valence-electron chi connectivity index (χ1n) is 9.11. The third-order valence-electron chi connectivity index (χ3n) is 4.81. The number of halogens is 1. The highest BCUT2D eigenvalue weighted by Gasteiger charge is 2.25. The zero-order valence-electron chi connectivity index (χ0n) is 15.7. The molecule has 1 aliphatic rings. The number of benzene rings is 2. The van der Waals surface area contributed by atoms with Gasteiger partial charge in [0.15, 0.2) is 0 Å². The Morgan fingerprint density at radius 2 is 1.97 bits per heavy atom. The molecule has 7 nitrogen and oxygen atoms in total. The zero-order chi connectivity index (χ0) is 20.4. The van der Waals surface area contributed by atoms with Gasteiger partial charge >= 0.3 is 6.09 Å². The maximum Gasteiger partial charge on any atom is 0.414 e. The number of rotatable bonds is 5. The van der Waals surface area contributed by atoms with Gasteiger partial charge in [0.05, 0.1) is 6.54 Å². The molecule has 148 valence electrons. The summed E-state index contributed by atoms with van der Waals surface area (Å²) in [6, 6.07) is 12.1. The van der Waals surface area contributed by atoms with Gasteiger partial charge in [0.25, 0.3) is 5.91 Å². The van der Waals surface area contributed by atoms with Crippen molar-refractivity contribution in [2.75, 3.05) is 18.1 Å². The summed E-state index contributed by atoms with van der Waals surface area (Å²) in [5, 5.41) is 2.86. The first kappa shape index (κ1) is 18.7. The number of hydrogen-bond donors (Lipinski definition) is 1. The van der Waals surface area contributed by atoms with Crippen LogP contribution >= 0.6 is 0 Å². The van der Waals surface area contributed by atoms with Crippen LogP contribution in [0.5, 0.6) is 0 Å². The average Bonchev–Trinajstić information content (AvgIpc) is 3.35. The Hall–Kier alpha value is -3.68. The number of hydrogen-bond acceptors (Lipinski definition) is 4. The second kappa shape index (κ2) is 7.75. The molecule has 0 saturated carbocycles. The average molecular weight is 394 g/mol. The normalized spacial score (nSPS) is 14.6. The van der Waals surface area contributed by atoms with E-state index in [-0.39, 0.29) is 5.91 Å². The Kier molecular flexibility index (Phi) is 4.99. The van der Waals surface area contributed by atoms with Gasteiger partial charge in [0.2, 0.25) is 0 Å². The zero-order valence-corrected chi connectivity index (χ0v) is 15.7. The van der Waals surface area contributed by atoms with E-state index in [4.69, 9.17) is 4.74 Å². The lowest BCUT2D eigenvalue weighted by Crippen LogP contribution is -2.31. The molecule has 29 heavy (non-hydrogen) atoms. The predicted molar refractivity (Wildman–Crippen MR) is 104 cm³/mol. The molecule has 1 saturated heterocycles. The number of cyclic esters (lactones) is 1. The van der Waals surface area contributed by atoms with Crippen LogP contribution in [0.25, 0.3) is 0 Å². The summed E-state index contributed by atoms with van der Waals surface area (Å²) in [6.07, 6.45) is 2.93. The fraction of sp³-hybridized carbons (Fsp3) is 0.190. The number of nitrogens with one attached hydrogen (secondary N) is 1. The fourth-order valence-corrected chi connectivity index (χ4v) is 3.28. The van der Waals surface area contributed by atoms with Gasteiger partial charge < -0.3 is 14.6 Å². The van der Waals surface area contributed by atoms with Crippen LogP contribution in [-0.4, -0.2) is 34.7 Å². The van der Waals surface area contributed by atoms with Crippen LogP contribution in [0.15, 0.2) is 60.9 Å². The highest BCUT2D eigenvalue weighted by Crippen LogP contribution is 2.24. The van der Waals surface area contributed by atoms with E-state index in [1.807, 2.05) is 0 Å². The SMILES string of the molecule is Cn1ccnc1[C@@H](NC(=O)c1ccc(N2CCOC2=O)cc1)c1ccccc1F. The lowest BCUT2D eigenvalue weighted by Gasteiger charge is -2.20. The second-order valence-electron chi connectivity index (χ2n) is 6.64. The smallest absolute Gasteiger partial charge is 0.414 e. The number of aromatic nitrogens is 2. The number of ether oxygens (including phenoxy) is 1. The summed E-state index contributed by atoms with van der Waals surface area (Å²) < 4.78 is 21.1. The van der Waals surface area contributed by atoms with Gasteiger partial charge in [-0.1, -0.05) is 18.2 Å². The predicted octanol–water partition coefficient (Wildman–Crippen LogP) is 3.04. The molecule has 3 aromatic rings. The molecule has 8 heteroatoms. The van der Waals surface area contributed by atoms with Gasteiger partial charge in [0, 0.05) is 36.3 Å². The van der Waals surface area contributed by atoms with Crippen LogP contribution in [0.1, 0.15) is 27.8 Å². The summed E-state index contributed by atoms with van der Waals surface area (Å²) in [5.74, 6) is -0.291. The standard InChI is InChI=1S/C21H19FN4O3/c1-25-11-10-23-19(25)18(16-4-2-3-5-17(16)22)24-20(27)14-6-8-15(9-7-14)26-12-13-29-21(26)28/h2-11,18H,12-13H2,1H3,(H,24,27)/t18-/m0/s1. The van der Waals surface area contributed by atoms with Crippen molar-refractivity contribution in [2.24, 2.45) is 7.05 Å². The summed E-state index contributed by atoms with van der Waals surface area (Å²) in [5.41, 5.74) is 1.36. The Bertz CT molecular complexity index is 1050. The molecular formula is C21H19FN4O3. The van der Waals surface area contributed by atoms with Gasteiger partial charge in [0.1, 0.15) is 24.3 Å². The Morgan fingerprint density at radius 1 is 1.21 bits per heavy atom. The molecule has 0 radical (unpaired) electrons. The van der Waals surface area contributed by atoms with E-state index in [2.05, 4.69) is 10.3 Å². The van der Waals surface area contributed by atoms with E-state index in [1.54, 1.807) is 66.5 Å². The molecule has 0 spiro atoms. The first-order valence-corrected chi connectivity index (χ1v) is 9.11. The van der Waals surface area contributed by atoms with Crippen molar-refractivity contribution in [1.29, 1.82) is 0 Å². The summed E-state index contributed by atoms with van der Waals surface area (Å²) in [6.45, 7) is 0.813. The van der Waals surface area contributed by atoms with Gasteiger partial charge in [-0.2, -0.15) is 0 Å². The number of nitrogens with zero attached hydrogens (tertiary/aromatic N) is 3. The minimum Gasteiger partial charge on any atom is -0.447 e. The van der Waals surface area contributed by atoms with E-state index < -0.39 is 18.0 Å². The lowest BCUT2D eigenvalue weighted by molar-refractivity contribution is 0.0940. The van der Waals surface area contributed by atoms with Crippen LogP contribution in [0.2, 0.25) is 0 Å². The topological polar surface area (TPSA) is 76.5 Å². The van der Waals surface area contributed by atoms with E-state index in [0.717, 1.165) is 0 Å². The molecule has 4 rings (SSSR count). The number of anilines is 1. The molecule has 1 aliphatic heterocycles. The Labute approximate surface area is 166 Å². The molecular weight excluding hydrogens is 375 g/mol. The third kappa shape index (κ3) is 3.69. The second-order valence-corrected chi connectivity index (χ2v) is 6.64. The van der Waals surface area contributed by atoms with E-state index in [9.17, 15) is 14.0 Å². The van der Waals surface area contributed by atoms with E-state index >= 15 is 0 Å². The largest absolute Gasteiger partial charge is 0.447 e. The number of carbonyl (C=O) groups excluding carboxylic acids is 2. The lowest BCUT2D eigenvalue weighted by atomic mass is 10.0. The van der Waals surface area contributed by atoms with Crippen molar-refractivity contribution in [1.82, 2.24) is 14.9 Å². The van der Waals surface area contributed by atoms with Crippen molar-refractivity contribution < 1.29 is 18.7 Å². The van der Waals surface area contributed by atoms with Crippen LogP contribution in [0, 0.1) is 5.82 Å². The van der Waals surface area contributed by atoms with Crippen molar-refractivity contribution in [3.05, 3.63) is 83.7 Å². The van der Waals surface area contributed by atoms with Crippen molar-refractivity contribution in [3.8, 4) is 0 Å². The summed E-state index contributed by atoms with van der Waals surface area (Å²) in [4.78, 5) is 30.3. The van der Waals surface area contributed by atoms with Crippen LogP contribution in [-0.2, 0) is 11.8 Å². The Morgan fingerprint density at radius 3 is 2.59 bits per heavy atom. The number of imidazole rings is 1. The molecule has 2 aromatic carbocycles. The summed E-state index contributed by atoms with van der Waals surface area (Å²) >= 11 is 0. The van der Waals surface area contributed by atoms with Crippen molar-refractivity contribution in [2.45, 2.75) is 6.04 Å². The van der Waals surface area contributed by atoms with Gasteiger partial charge in [-0.15, -0.1) is 0 Å². The molecule has 0 bridgehead atoms. The van der Waals surface area contributed by atoms with Crippen LogP contribution in [0.4, 0.5) is 14.9 Å². The molecule has 0 aliphatic carbocycles. The minimum atomic E-state index is -0.753. The van der Waals surface area contributed by atoms with Gasteiger partial charge in [-0.3, -0.25) is 9.69 Å². The highest BCUT2D eigenvalue weighted by atomic mass is 19.1. The van der Waals surface area contributed by atoms with Crippen LogP contribution < -0.4 is 10.2 Å². The van der Waals surface area contributed by atoms with Crippen molar-refractivity contribution in [3.63, 3.8) is 0 Å². The summed E-state index contributed by atoms with van der Waals surface area (Å²) in [7, 11) is 1.78. The number of aryl methyl sites for hydroxylation is 1. The monoisotopic (exact) mass is 394 g/mol. The molecule has 0 unspecified atom stereocenters. The molecule has 1 atom stereocenters. The first-order chi connectivity index (χ1) is 14.0. The highest BCUT2D eigenvalue weighted by molar-refractivity contribution is 5.96. The molecule has 1 fully saturated rings. The van der Waals surface area contributed by atoms with E-state index in [1.165, 1.54) is 11.0 Å². The van der Waals surface area contributed by atoms with Gasteiger partial charge in [-0.25, -0.2) is 14.2 Å². The quantitative estimate of drug-likeness (QED) is 0.722. The third-order valence-corrected chi connectivity index (χ3v) is 4.81.